The molecule has 11 heteroatoms. The molecule has 4 heterocycles. The molecule has 8 rings (SSSR count). The van der Waals surface area contributed by atoms with Crippen LogP contribution in [-0.2, 0) is 17.6 Å². The standard InChI is InChI=1S/C40H45N7O4/c1-23(2)33(44-39(48)51-3)22-46-16-4-6-34(46)37-41-21-32(43-37)29-11-10-25-18-24(8-9-26(25)20-29)27-12-14-30-28(19-27)13-15-31-36(30)45-38(42-31)35-7-5-17-47(35)40(49)50/h8-12,14,18-21,23,33-35H,4-7,13,15-17,22H2,1-3H3,(H,41,43)(H,42,45)(H,44,48)(H,49,50)/t33-,34+,35?/m1/s1. The van der Waals surface area contributed by atoms with Crippen LogP contribution in [0.1, 0.15) is 74.5 Å². The quantitative estimate of drug-likeness (QED) is 0.131. The Hall–Kier alpha value is -5.16. The minimum atomic E-state index is -0.880. The number of nitrogens with one attached hydrogen (secondary N) is 3. The number of carboxylic acid groups (broad SMARTS) is 1. The second kappa shape index (κ2) is 13.5. The van der Waals surface area contributed by atoms with Crippen LogP contribution in [0.4, 0.5) is 9.59 Å². The second-order valence-electron chi connectivity index (χ2n) is 14.6. The van der Waals surface area contributed by atoms with Gasteiger partial charge >= 0.3 is 12.2 Å². The molecule has 0 bridgehead atoms. The summed E-state index contributed by atoms with van der Waals surface area (Å²) >= 11 is 0. The number of carbonyl (C=O) groups is 2. The Morgan fingerprint density at radius 1 is 0.922 bits per heavy atom. The average molecular weight is 688 g/mol. The largest absolute Gasteiger partial charge is 0.465 e. The molecule has 3 aromatic carbocycles. The molecule has 4 N–H and O–H groups in total. The number of nitrogens with zero attached hydrogens (tertiary/aromatic N) is 4. The molecular weight excluding hydrogens is 642 g/mol. The molecule has 11 nitrogen and oxygen atoms in total. The third-order valence-electron chi connectivity index (χ3n) is 11.1. The van der Waals surface area contributed by atoms with E-state index in [-0.39, 0.29) is 24.0 Å². The first-order valence-corrected chi connectivity index (χ1v) is 18.2. The van der Waals surface area contributed by atoms with Gasteiger partial charge in [0.2, 0.25) is 0 Å². The number of hydrogen-bond donors (Lipinski definition) is 4. The van der Waals surface area contributed by atoms with Crippen molar-refractivity contribution in [1.29, 1.82) is 0 Å². The van der Waals surface area contributed by atoms with Crippen molar-refractivity contribution in [3.05, 3.63) is 83.7 Å². The molecule has 3 aliphatic rings. The number of aromatic amines is 2. The summed E-state index contributed by atoms with van der Waals surface area (Å²) in [6, 6.07) is 19.8. The first-order chi connectivity index (χ1) is 24.7. The van der Waals surface area contributed by atoms with Crippen LogP contribution < -0.4 is 5.32 Å². The number of alkyl carbamates (subject to hydrolysis) is 1. The van der Waals surface area contributed by atoms with Crippen molar-refractivity contribution in [1.82, 2.24) is 35.1 Å². The monoisotopic (exact) mass is 687 g/mol. The van der Waals surface area contributed by atoms with E-state index >= 15 is 0 Å². The smallest absolute Gasteiger partial charge is 0.407 e. The van der Waals surface area contributed by atoms with E-state index in [4.69, 9.17) is 14.7 Å². The fraction of sp³-hybridized carbons (Fsp3) is 0.400. The normalized spacial score (nSPS) is 19.3. The van der Waals surface area contributed by atoms with Gasteiger partial charge in [0.1, 0.15) is 11.6 Å². The fourth-order valence-electron chi connectivity index (χ4n) is 8.23. The average Bonchev–Trinajstić information content (AvgIpc) is 3.96. The van der Waals surface area contributed by atoms with Gasteiger partial charge in [-0.2, -0.15) is 0 Å². The molecule has 2 aliphatic heterocycles. The number of carbonyl (C=O) groups excluding carboxylic acids is 1. The molecule has 2 saturated heterocycles. The predicted octanol–water partition coefficient (Wildman–Crippen LogP) is 7.72. The predicted molar refractivity (Wildman–Crippen MR) is 196 cm³/mol. The van der Waals surface area contributed by atoms with Crippen molar-refractivity contribution in [2.75, 3.05) is 26.7 Å². The van der Waals surface area contributed by atoms with E-state index in [1.54, 1.807) is 0 Å². The molecule has 0 radical (unpaired) electrons. The van der Waals surface area contributed by atoms with Gasteiger partial charge in [-0.1, -0.05) is 56.3 Å². The lowest BCUT2D eigenvalue weighted by Crippen LogP contribution is -2.46. The number of rotatable bonds is 8. The van der Waals surface area contributed by atoms with E-state index in [9.17, 15) is 14.7 Å². The molecular formula is C40H45N7O4. The van der Waals surface area contributed by atoms with Crippen LogP contribution in [0.25, 0.3) is 44.4 Å². The summed E-state index contributed by atoms with van der Waals surface area (Å²) < 4.78 is 4.87. The molecule has 3 atom stereocenters. The summed E-state index contributed by atoms with van der Waals surface area (Å²) in [5.74, 6) is 2.00. The minimum absolute atomic E-state index is 0.00789. The van der Waals surface area contributed by atoms with Crippen molar-refractivity contribution in [3.8, 4) is 33.6 Å². The van der Waals surface area contributed by atoms with E-state index in [1.807, 2.05) is 6.20 Å². The highest BCUT2D eigenvalue weighted by molar-refractivity contribution is 5.91. The van der Waals surface area contributed by atoms with Crippen molar-refractivity contribution >= 4 is 23.0 Å². The van der Waals surface area contributed by atoms with Crippen molar-refractivity contribution in [3.63, 3.8) is 0 Å². The van der Waals surface area contributed by atoms with Gasteiger partial charge in [0.15, 0.2) is 0 Å². The van der Waals surface area contributed by atoms with Crippen LogP contribution in [0, 0.1) is 5.92 Å². The number of H-pyrrole nitrogens is 2. The maximum Gasteiger partial charge on any atom is 0.407 e. The molecule has 2 aromatic heterocycles. The van der Waals surface area contributed by atoms with Gasteiger partial charge in [0, 0.05) is 36.0 Å². The summed E-state index contributed by atoms with van der Waals surface area (Å²) in [5, 5.41) is 15.0. The van der Waals surface area contributed by atoms with Crippen molar-refractivity contribution in [2.24, 2.45) is 5.92 Å². The van der Waals surface area contributed by atoms with E-state index in [1.165, 1.54) is 34.1 Å². The second-order valence-corrected chi connectivity index (χ2v) is 14.6. The Morgan fingerprint density at radius 2 is 1.65 bits per heavy atom. The van der Waals surface area contributed by atoms with Gasteiger partial charge in [-0.25, -0.2) is 19.6 Å². The number of likely N-dealkylation sites (tertiary alicyclic amines) is 2. The van der Waals surface area contributed by atoms with Crippen LogP contribution in [0.2, 0.25) is 0 Å². The Kier molecular flexibility index (Phi) is 8.75. The zero-order valence-electron chi connectivity index (χ0n) is 29.4. The summed E-state index contributed by atoms with van der Waals surface area (Å²) in [4.78, 5) is 44.5. The molecule has 1 aliphatic carbocycles. The van der Waals surface area contributed by atoms with Crippen molar-refractivity contribution in [2.45, 2.75) is 70.5 Å². The highest BCUT2D eigenvalue weighted by atomic mass is 16.5. The number of benzene rings is 3. The van der Waals surface area contributed by atoms with E-state index in [2.05, 4.69) is 88.6 Å². The fourth-order valence-corrected chi connectivity index (χ4v) is 8.23. The van der Waals surface area contributed by atoms with Crippen LogP contribution in [0.3, 0.4) is 0 Å². The first-order valence-electron chi connectivity index (χ1n) is 18.2. The van der Waals surface area contributed by atoms with E-state index in [0.29, 0.717) is 6.54 Å². The number of methoxy groups -OCH3 is 1. The third-order valence-corrected chi connectivity index (χ3v) is 11.1. The number of amides is 2. The lowest BCUT2D eigenvalue weighted by molar-refractivity contribution is 0.138. The topological polar surface area (TPSA) is 139 Å². The molecule has 2 fully saturated rings. The number of fused-ring (bicyclic) bond motifs is 4. The maximum atomic E-state index is 12.0. The summed E-state index contributed by atoms with van der Waals surface area (Å²) in [6.07, 6.45) is 6.20. The van der Waals surface area contributed by atoms with Gasteiger partial charge in [-0.05, 0) is 90.6 Å². The maximum absolute atomic E-state index is 12.0. The summed E-state index contributed by atoms with van der Waals surface area (Å²) in [7, 11) is 1.40. The molecule has 51 heavy (non-hydrogen) atoms. The van der Waals surface area contributed by atoms with Gasteiger partial charge in [-0.3, -0.25) is 9.80 Å². The number of aromatic nitrogens is 4. The van der Waals surface area contributed by atoms with E-state index in [0.717, 1.165) is 96.9 Å². The molecule has 1 unspecified atom stereocenters. The van der Waals surface area contributed by atoms with Gasteiger partial charge in [0.05, 0.1) is 36.8 Å². The van der Waals surface area contributed by atoms with E-state index < -0.39 is 12.2 Å². The first kappa shape index (κ1) is 33.0. The Balaban J connectivity index is 0.989. The number of ether oxygens (including phenoxy) is 1. The highest BCUT2D eigenvalue weighted by Crippen LogP contribution is 2.39. The molecule has 264 valence electrons. The molecule has 2 amide bonds. The van der Waals surface area contributed by atoms with Gasteiger partial charge in [-0.15, -0.1) is 0 Å². The van der Waals surface area contributed by atoms with Crippen LogP contribution in [0.5, 0.6) is 0 Å². The lowest BCUT2D eigenvalue weighted by atomic mass is 9.89. The number of aryl methyl sites for hydroxylation is 2. The molecule has 5 aromatic rings. The van der Waals surface area contributed by atoms with Gasteiger partial charge < -0.3 is 25.1 Å². The van der Waals surface area contributed by atoms with Crippen molar-refractivity contribution < 1.29 is 19.4 Å². The van der Waals surface area contributed by atoms with Crippen LogP contribution in [-0.4, -0.2) is 79.8 Å². The Labute approximate surface area is 297 Å². The van der Waals surface area contributed by atoms with Crippen LogP contribution >= 0.6 is 0 Å². The number of imidazole rings is 2. The Morgan fingerprint density at radius 3 is 2.43 bits per heavy atom. The SMILES string of the molecule is COC(=O)N[C@H](CN1CCC[C@H]1c1ncc(-c2ccc3cc(-c4ccc5c(c4)CCc4[nH]c(C6CCCN6C(=O)O)nc4-5)ccc3c2)[nH]1)C(C)C. The zero-order valence-corrected chi connectivity index (χ0v) is 29.4. The summed E-state index contributed by atoms with van der Waals surface area (Å²) in [5.41, 5.74) is 8.89. The summed E-state index contributed by atoms with van der Waals surface area (Å²) in [6.45, 7) is 6.51. The van der Waals surface area contributed by atoms with Gasteiger partial charge in [0.25, 0.3) is 0 Å². The highest BCUT2D eigenvalue weighted by Gasteiger charge is 2.34. The van der Waals surface area contributed by atoms with Crippen LogP contribution in [0.15, 0.2) is 60.8 Å². The minimum Gasteiger partial charge on any atom is -0.465 e. The molecule has 0 spiro atoms. The lowest BCUT2D eigenvalue weighted by Gasteiger charge is -2.30. The number of hydrogen-bond acceptors (Lipinski definition) is 6. The third kappa shape index (κ3) is 6.35. The Bertz CT molecular complexity index is 2100. The molecule has 0 saturated carbocycles. The zero-order chi connectivity index (χ0) is 35.2.